The number of hydrogen-bond acceptors (Lipinski definition) is 9. The Balaban J connectivity index is 2.05. The third-order valence-electron chi connectivity index (χ3n) is 8.90. The van der Waals surface area contributed by atoms with Crippen molar-refractivity contribution < 1.29 is 33.7 Å². The largest absolute Gasteiger partial charge is 0.394 e. The van der Waals surface area contributed by atoms with Crippen molar-refractivity contribution in [1.82, 2.24) is 15.1 Å². The Hall–Kier alpha value is -3.67. The molecular formula is C42H63N3O7. The number of aldehydes is 2. The number of benzene rings is 2. The maximum absolute atomic E-state index is 14.0. The Morgan fingerprint density at radius 2 is 1.54 bits per heavy atom. The van der Waals surface area contributed by atoms with E-state index in [-0.39, 0.29) is 18.9 Å². The maximum atomic E-state index is 14.0. The molecule has 10 heteroatoms. The Bertz CT molecular complexity index is 1400. The van der Waals surface area contributed by atoms with Crippen LogP contribution in [0.5, 0.6) is 0 Å². The van der Waals surface area contributed by atoms with Gasteiger partial charge < -0.3 is 39.2 Å². The van der Waals surface area contributed by atoms with Crippen molar-refractivity contribution in [2.24, 2.45) is 5.92 Å². The summed E-state index contributed by atoms with van der Waals surface area (Å²) in [6.45, 7) is 14.8. The first-order valence-corrected chi connectivity index (χ1v) is 18.5. The monoisotopic (exact) mass is 721 g/mol. The summed E-state index contributed by atoms with van der Waals surface area (Å²) in [4.78, 5) is 41.4. The van der Waals surface area contributed by atoms with Gasteiger partial charge in [0, 0.05) is 26.6 Å². The number of rotatable bonds is 27. The molecule has 0 radical (unpaired) electrons. The van der Waals surface area contributed by atoms with E-state index >= 15 is 0 Å². The minimum absolute atomic E-state index is 0.00466. The highest BCUT2D eigenvalue weighted by Gasteiger charge is 2.25. The molecule has 0 saturated heterocycles. The minimum atomic E-state index is -0.468. The summed E-state index contributed by atoms with van der Waals surface area (Å²) in [5.74, 6) is 0.263. The molecule has 52 heavy (non-hydrogen) atoms. The van der Waals surface area contributed by atoms with Gasteiger partial charge in [0.05, 0.1) is 52.3 Å². The van der Waals surface area contributed by atoms with Gasteiger partial charge >= 0.3 is 0 Å². The molecule has 0 bridgehead atoms. The maximum Gasteiger partial charge on any atom is 0.243 e. The molecule has 0 aliphatic carbocycles. The first kappa shape index (κ1) is 44.5. The van der Waals surface area contributed by atoms with Gasteiger partial charge in [0.25, 0.3) is 0 Å². The van der Waals surface area contributed by atoms with Gasteiger partial charge in [-0.2, -0.15) is 0 Å². The van der Waals surface area contributed by atoms with Crippen molar-refractivity contribution in [1.29, 1.82) is 0 Å². The van der Waals surface area contributed by atoms with Gasteiger partial charge in [-0.1, -0.05) is 49.7 Å². The van der Waals surface area contributed by atoms with Crippen LogP contribution in [0.25, 0.3) is 11.1 Å². The van der Waals surface area contributed by atoms with E-state index in [1.807, 2.05) is 43.4 Å². The van der Waals surface area contributed by atoms with Crippen molar-refractivity contribution in [2.45, 2.75) is 72.4 Å². The molecule has 2 aromatic rings. The molecule has 0 spiro atoms. The number of aryl methyl sites for hydroxylation is 3. The topological polar surface area (TPSA) is 118 Å². The van der Waals surface area contributed by atoms with Crippen LogP contribution in [-0.4, -0.2) is 113 Å². The summed E-state index contributed by atoms with van der Waals surface area (Å²) in [6.07, 6.45) is 9.28. The van der Waals surface area contributed by atoms with Gasteiger partial charge in [-0.3, -0.25) is 9.59 Å². The number of likely N-dealkylation sites (N-methyl/N-ethyl adjacent to an activating group) is 2. The molecule has 1 amide bonds. The van der Waals surface area contributed by atoms with Crippen molar-refractivity contribution in [3.8, 4) is 11.1 Å². The van der Waals surface area contributed by atoms with Crippen molar-refractivity contribution in [2.75, 3.05) is 73.4 Å². The zero-order valence-corrected chi connectivity index (χ0v) is 32.6. The lowest BCUT2D eigenvalue weighted by Crippen LogP contribution is -2.44. The number of carbonyl (C=O) groups excluding carboxylic acids is 3. The number of nitrogens with one attached hydrogen (secondary N) is 1. The lowest BCUT2D eigenvalue weighted by molar-refractivity contribution is -0.126. The summed E-state index contributed by atoms with van der Waals surface area (Å²) in [5, 5.41) is 11.9. The van der Waals surface area contributed by atoms with E-state index < -0.39 is 12.1 Å². The van der Waals surface area contributed by atoms with Crippen LogP contribution in [0.1, 0.15) is 67.8 Å². The lowest BCUT2D eigenvalue weighted by Gasteiger charge is -2.29. The molecule has 0 aromatic heterocycles. The van der Waals surface area contributed by atoms with Crippen molar-refractivity contribution in [3.05, 3.63) is 82.6 Å². The van der Waals surface area contributed by atoms with E-state index in [9.17, 15) is 14.4 Å². The predicted octanol–water partition coefficient (Wildman–Crippen LogP) is 5.76. The number of aliphatic hydroxyl groups is 1. The summed E-state index contributed by atoms with van der Waals surface area (Å²) < 4.78 is 16.3. The highest BCUT2D eigenvalue weighted by Crippen LogP contribution is 2.31. The zero-order valence-electron chi connectivity index (χ0n) is 32.6. The van der Waals surface area contributed by atoms with Crippen LogP contribution < -0.4 is 5.32 Å². The van der Waals surface area contributed by atoms with E-state index in [2.05, 4.69) is 69.1 Å². The van der Waals surface area contributed by atoms with Crippen LogP contribution in [0.3, 0.4) is 0 Å². The Morgan fingerprint density at radius 3 is 2.15 bits per heavy atom. The smallest absolute Gasteiger partial charge is 0.243 e. The van der Waals surface area contributed by atoms with Gasteiger partial charge in [-0.25, -0.2) is 0 Å². The van der Waals surface area contributed by atoms with Crippen molar-refractivity contribution >= 4 is 18.5 Å². The molecule has 0 aliphatic heterocycles. The molecule has 2 aromatic carbocycles. The molecular weight excluding hydrogens is 658 g/mol. The molecule has 0 aliphatic rings. The normalized spacial score (nSPS) is 13.2. The molecule has 0 fully saturated rings. The van der Waals surface area contributed by atoms with E-state index in [0.29, 0.717) is 58.4 Å². The average Bonchev–Trinajstić information content (AvgIpc) is 3.09. The zero-order chi connectivity index (χ0) is 38.3. The molecule has 10 nitrogen and oxygen atoms in total. The summed E-state index contributed by atoms with van der Waals surface area (Å²) >= 11 is 0. The third kappa shape index (κ3) is 16.8. The summed E-state index contributed by atoms with van der Waals surface area (Å²) in [5.41, 5.74) is 7.56. The molecule has 288 valence electrons. The van der Waals surface area contributed by atoms with E-state index in [1.165, 1.54) is 22.3 Å². The van der Waals surface area contributed by atoms with Gasteiger partial charge in [0.2, 0.25) is 5.91 Å². The average molecular weight is 722 g/mol. The number of carbonyl (C=O) groups is 3. The summed E-state index contributed by atoms with van der Waals surface area (Å²) in [7, 11) is 3.89. The number of nitrogens with zero attached hydrogens (tertiary/aromatic N) is 2. The second-order valence-corrected chi connectivity index (χ2v) is 13.8. The first-order chi connectivity index (χ1) is 25.0. The fourth-order valence-electron chi connectivity index (χ4n) is 6.09. The fourth-order valence-corrected chi connectivity index (χ4v) is 6.09. The van der Waals surface area contributed by atoms with Gasteiger partial charge in [-0.15, -0.1) is 0 Å². The van der Waals surface area contributed by atoms with Crippen LogP contribution in [0.15, 0.2) is 60.3 Å². The van der Waals surface area contributed by atoms with Gasteiger partial charge in [-0.05, 0) is 111 Å². The van der Waals surface area contributed by atoms with Crippen LogP contribution in [0, 0.1) is 26.7 Å². The van der Waals surface area contributed by atoms with Gasteiger partial charge in [0.1, 0.15) is 18.6 Å². The Morgan fingerprint density at radius 1 is 0.885 bits per heavy atom. The van der Waals surface area contributed by atoms with Crippen LogP contribution in [-0.2, 0) is 28.6 Å². The molecule has 1 unspecified atom stereocenters. The minimum Gasteiger partial charge on any atom is -0.394 e. The Kier molecular flexibility index (Phi) is 21.7. The van der Waals surface area contributed by atoms with Gasteiger partial charge in [0.15, 0.2) is 0 Å². The second kappa shape index (κ2) is 25.3. The number of hydrogen-bond donors (Lipinski definition) is 2. The standard InChI is InChI=1S/C42H63N3O7/c1-32(2)11-12-40(42(49)43-39(16-21-47)37-9-8-10-38(31-37)41-34(4)29-33(3)30-35(41)5)45(7)18-14-36(15-20-46)13-17-44(6)19-23-50-25-27-52-28-26-51-24-22-48/h8-10,14-15,18,20-21,29-32,39-40,48H,11-13,16-17,19,22-28H2,1-7H3,(H,43,49)/b18-14-,36-15-/t39-,40?/m0/s1. The quantitative estimate of drug-likeness (QED) is 0.0514. The lowest BCUT2D eigenvalue weighted by atomic mass is 9.91. The predicted molar refractivity (Wildman–Crippen MR) is 208 cm³/mol. The molecule has 2 N–H and O–H groups in total. The second-order valence-electron chi connectivity index (χ2n) is 13.8. The van der Waals surface area contributed by atoms with E-state index in [1.54, 1.807) is 6.08 Å². The van der Waals surface area contributed by atoms with Crippen LogP contribution in [0.4, 0.5) is 0 Å². The molecule has 0 saturated carbocycles. The number of ether oxygens (including phenoxy) is 3. The Labute approximate surface area is 312 Å². The highest BCUT2D eigenvalue weighted by atomic mass is 16.5. The van der Waals surface area contributed by atoms with Crippen LogP contribution in [0.2, 0.25) is 0 Å². The fraction of sp³-hybridized carbons (Fsp3) is 0.548. The molecule has 2 rings (SSSR count). The number of amides is 1. The first-order valence-electron chi connectivity index (χ1n) is 18.5. The summed E-state index contributed by atoms with van der Waals surface area (Å²) in [6, 6.07) is 11.5. The van der Waals surface area contributed by atoms with Crippen LogP contribution >= 0.6 is 0 Å². The highest BCUT2D eigenvalue weighted by molar-refractivity contribution is 5.83. The molecule has 2 atom stereocenters. The SMILES string of the molecule is Cc1cc(C)c(-c2cccc([C@H](CC=O)NC(=O)C(CCC(C)C)N(C)/C=C\C(=C/C=O)CCN(C)CCOCCOCCOCCO)c2)c(C)c1. The third-order valence-corrected chi connectivity index (χ3v) is 8.90. The van der Waals surface area contributed by atoms with E-state index in [0.717, 1.165) is 48.8 Å². The van der Waals surface area contributed by atoms with Crippen molar-refractivity contribution in [3.63, 3.8) is 0 Å². The number of allylic oxidation sites excluding steroid dienone is 2. The van der Waals surface area contributed by atoms with E-state index in [4.69, 9.17) is 19.3 Å². The number of aliphatic hydroxyl groups excluding tert-OH is 1. The molecule has 0 heterocycles.